The van der Waals surface area contributed by atoms with Gasteiger partial charge in [-0.25, -0.2) is 8.42 Å². The predicted molar refractivity (Wildman–Crippen MR) is 68.1 cm³/mol. The Morgan fingerprint density at radius 1 is 1.42 bits per heavy atom. The first-order valence-electron chi connectivity index (χ1n) is 6.07. The topological polar surface area (TPSA) is 85.6 Å². The van der Waals surface area contributed by atoms with Crippen LogP contribution in [0.5, 0.6) is 0 Å². The summed E-state index contributed by atoms with van der Waals surface area (Å²) in [6.45, 7) is 0.599. The SMILES string of the molecule is COC(=O)CS(=O)(=O)Cc1ccc(CNC2CC2)o1. The van der Waals surface area contributed by atoms with E-state index >= 15 is 0 Å². The Bertz CT molecular complexity index is 544. The fraction of sp³-hybridized carbons (Fsp3) is 0.583. The lowest BCUT2D eigenvalue weighted by Gasteiger charge is -2.01. The van der Waals surface area contributed by atoms with Crippen LogP contribution in [0.15, 0.2) is 16.5 Å². The Labute approximate surface area is 112 Å². The number of hydrogen-bond acceptors (Lipinski definition) is 6. The number of esters is 1. The van der Waals surface area contributed by atoms with E-state index in [4.69, 9.17) is 4.42 Å². The summed E-state index contributed by atoms with van der Waals surface area (Å²) >= 11 is 0. The first-order valence-corrected chi connectivity index (χ1v) is 7.89. The van der Waals surface area contributed by atoms with Crippen molar-refractivity contribution in [3.8, 4) is 0 Å². The number of carbonyl (C=O) groups excluding carboxylic acids is 1. The number of methoxy groups -OCH3 is 1. The van der Waals surface area contributed by atoms with Gasteiger partial charge in [-0.1, -0.05) is 0 Å². The Balaban J connectivity index is 1.89. The van der Waals surface area contributed by atoms with Crippen LogP contribution in [0.1, 0.15) is 24.4 Å². The van der Waals surface area contributed by atoms with Gasteiger partial charge in [0.2, 0.25) is 0 Å². The third-order valence-corrected chi connectivity index (χ3v) is 4.19. The van der Waals surface area contributed by atoms with Crippen molar-refractivity contribution in [3.63, 3.8) is 0 Å². The van der Waals surface area contributed by atoms with E-state index in [9.17, 15) is 13.2 Å². The monoisotopic (exact) mass is 287 g/mol. The van der Waals surface area contributed by atoms with Crippen molar-refractivity contribution < 1.29 is 22.4 Å². The van der Waals surface area contributed by atoms with Crippen LogP contribution in [0.4, 0.5) is 0 Å². The first kappa shape index (κ1) is 14.1. The Hall–Kier alpha value is -1.34. The lowest BCUT2D eigenvalue weighted by molar-refractivity contribution is -0.137. The summed E-state index contributed by atoms with van der Waals surface area (Å²) in [5.74, 6) is -0.625. The molecule has 19 heavy (non-hydrogen) atoms. The molecule has 7 heteroatoms. The second-order valence-corrected chi connectivity index (χ2v) is 6.70. The van der Waals surface area contributed by atoms with E-state index in [1.165, 1.54) is 12.8 Å². The Morgan fingerprint density at radius 2 is 2.11 bits per heavy atom. The third-order valence-electron chi connectivity index (χ3n) is 2.79. The average Bonchev–Trinajstić information content (AvgIpc) is 3.07. The second-order valence-electron chi connectivity index (χ2n) is 4.63. The predicted octanol–water partition coefficient (Wildman–Crippen LogP) is 0.619. The van der Waals surface area contributed by atoms with E-state index in [-0.39, 0.29) is 5.75 Å². The maximum Gasteiger partial charge on any atom is 0.320 e. The maximum absolute atomic E-state index is 11.7. The van der Waals surface area contributed by atoms with Crippen LogP contribution in [0, 0.1) is 0 Å². The molecule has 6 nitrogen and oxygen atoms in total. The molecule has 0 unspecified atom stereocenters. The van der Waals surface area contributed by atoms with Crippen molar-refractivity contribution in [3.05, 3.63) is 23.7 Å². The van der Waals surface area contributed by atoms with Crippen molar-refractivity contribution in [1.29, 1.82) is 0 Å². The smallest absolute Gasteiger partial charge is 0.320 e. The molecule has 1 heterocycles. The molecule has 0 aliphatic heterocycles. The molecule has 1 aliphatic carbocycles. The molecule has 1 aromatic rings. The van der Waals surface area contributed by atoms with Crippen LogP contribution in [0.3, 0.4) is 0 Å². The van der Waals surface area contributed by atoms with E-state index in [0.29, 0.717) is 24.1 Å². The van der Waals surface area contributed by atoms with Crippen molar-refractivity contribution in [2.24, 2.45) is 0 Å². The van der Waals surface area contributed by atoms with Gasteiger partial charge in [0.25, 0.3) is 0 Å². The molecule has 1 N–H and O–H groups in total. The van der Waals surface area contributed by atoms with Gasteiger partial charge in [-0.3, -0.25) is 4.79 Å². The van der Waals surface area contributed by atoms with E-state index in [2.05, 4.69) is 10.1 Å². The van der Waals surface area contributed by atoms with Crippen LogP contribution in [0.2, 0.25) is 0 Å². The van der Waals surface area contributed by atoms with Gasteiger partial charge < -0.3 is 14.5 Å². The maximum atomic E-state index is 11.7. The highest BCUT2D eigenvalue weighted by molar-refractivity contribution is 7.91. The first-order chi connectivity index (χ1) is 8.98. The van der Waals surface area contributed by atoms with Crippen molar-refractivity contribution >= 4 is 15.8 Å². The van der Waals surface area contributed by atoms with Crippen molar-refractivity contribution in [2.75, 3.05) is 12.9 Å². The molecule has 0 atom stereocenters. The molecule has 0 radical (unpaired) electrons. The minimum atomic E-state index is -3.54. The lowest BCUT2D eigenvalue weighted by Crippen LogP contribution is -2.18. The summed E-state index contributed by atoms with van der Waals surface area (Å²) in [5, 5.41) is 3.27. The summed E-state index contributed by atoms with van der Waals surface area (Å²) < 4.78 is 33.1. The number of sulfone groups is 1. The fourth-order valence-electron chi connectivity index (χ4n) is 1.63. The van der Waals surface area contributed by atoms with Crippen LogP contribution in [0.25, 0.3) is 0 Å². The lowest BCUT2D eigenvalue weighted by atomic mass is 10.4. The third kappa shape index (κ3) is 4.68. The number of carbonyl (C=O) groups is 1. The molecule has 0 spiro atoms. The zero-order valence-electron chi connectivity index (χ0n) is 10.7. The number of hydrogen-bond donors (Lipinski definition) is 1. The van der Waals surface area contributed by atoms with Crippen molar-refractivity contribution in [2.45, 2.75) is 31.2 Å². The zero-order valence-corrected chi connectivity index (χ0v) is 11.5. The van der Waals surface area contributed by atoms with Gasteiger partial charge in [-0.2, -0.15) is 0 Å². The van der Waals surface area contributed by atoms with E-state index in [1.54, 1.807) is 12.1 Å². The summed E-state index contributed by atoms with van der Waals surface area (Å²) in [5.41, 5.74) is 0. The molecule has 1 aliphatic rings. The van der Waals surface area contributed by atoms with E-state index in [1.807, 2.05) is 0 Å². The minimum Gasteiger partial charge on any atom is -0.468 e. The molecule has 0 saturated heterocycles. The van der Waals surface area contributed by atoms with Crippen LogP contribution < -0.4 is 5.32 Å². The number of nitrogens with one attached hydrogen (secondary N) is 1. The molecule has 1 saturated carbocycles. The molecule has 106 valence electrons. The quantitative estimate of drug-likeness (QED) is 0.740. The molecule has 1 aromatic heterocycles. The standard InChI is InChI=1S/C12H17NO5S/c1-17-12(14)8-19(15,16)7-11-5-4-10(18-11)6-13-9-2-3-9/h4-5,9,13H,2-3,6-8H2,1H3. The van der Waals surface area contributed by atoms with Gasteiger partial charge in [0.15, 0.2) is 9.84 Å². The summed E-state index contributed by atoms with van der Waals surface area (Å²) in [6.07, 6.45) is 2.36. The highest BCUT2D eigenvalue weighted by Crippen LogP contribution is 2.20. The summed E-state index contributed by atoms with van der Waals surface area (Å²) in [7, 11) is -2.38. The molecular weight excluding hydrogens is 270 g/mol. The number of ether oxygens (including phenoxy) is 1. The van der Waals surface area contributed by atoms with Crippen LogP contribution in [-0.4, -0.2) is 33.3 Å². The highest BCUT2D eigenvalue weighted by atomic mass is 32.2. The molecule has 0 aromatic carbocycles. The molecule has 0 bridgehead atoms. The summed E-state index contributed by atoms with van der Waals surface area (Å²) in [4.78, 5) is 11.0. The largest absolute Gasteiger partial charge is 0.468 e. The van der Waals surface area contributed by atoms with E-state index in [0.717, 1.165) is 7.11 Å². The van der Waals surface area contributed by atoms with Gasteiger partial charge in [0, 0.05) is 6.04 Å². The Kier molecular flexibility index (Phi) is 4.26. The van der Waals surface area contributed by atoms with Crippen molar-refractivity contribution in [1.82, 2.24) is 5.32 Å². The Morgan fingerprint density at radius 3 is 2.74 bits per heavy atom. The van der Waals surface area contributed by atoms with Gasteiger partial charge in [0.05, 0.1) is 13.7 Å². The van der Waals surface area contributed by atoms with Crippen LogP contribution in [-0.2, 0) is 31.7 Å². The normalized spacial score (nSPS) is 15.4. The molecular formula is C12H17NO5S. The van der Waals surface area contributed by atoms with E-state index < -0.39 is 21.6 Å². The fourth-order valence-corrected chi connectivity index (χ4v) is 2.80. The molecule has 0 amide bonds. The molecule has 2 rings (SSSR count). The van der Waals surface area contributed by atoms with Gasteiger partial charge >= 0.3 is 5.97 Å². The second kappa shape index (κ2) is 5.75. The number of furan rings is 1. The highest BCUT2D eigenvalue weighted by Gasteiger charge is 2.22. The summed E-state index contributed by atoms with van der Waals surface area (Å²) in [6, 6.07) is 3.94. The number of rotatable bonds is 7. The minimum absolute atomic E-state index is 0.286. The van der Waals surface area contributed by atoms with Gasteiger partial charge in [-0.15, -0.1) is 0 Å². The zero-order chi connectivity index (χ0) is 13.9. The molecule has 1 fully saturated rings. The van der Waals surface area contributed by atoms with Gasteiger partial charge in [0.1, 0.15) is 23.0 Å². The van der Waals surface area contributed by atoms with Crippen LogP contribution >= 0.6 is 0 Å². The average molecular weight is 287 g/mol. The van der Waals surface area contributed by atoms with Gasteiger partial charge in [-0.05, 0) is 25.0 Å².